The molecule has 2 heterocycles. The molecule has 0 aromatic heterocycles. The minimum absolute atomic E-state index is 0.0131. The third kappa shape index (κ3) is 3.61. The Balaban J connectivity index is 1.52. The summed E-state index contributed by atoms with van der Waals surface area (Å²) in [5.74, 6) is -0.158. The smallest absolute Gasteiger partial charge is 0.286 e. The van der Waals surface area contributed by atoms with Crippen molar-refractivity contribution in [3.05, 3.63) is 65.2 Å². The van der Waals surface area contributed by atoms with E-state index in [0.29, 0.717) is 6.04 Å². The van der Waals surface area contributed by atoms with E-state index in [4.69, 9.17) is 0 Å². The molecule has 2 aliphatic heterocycles. The van der Waals surface area contributed by atoms with E-state index >= 15 is 0 Å². The van der Waals surface area contributed by atoms with Crippen LogP contribution in [-0.2, 0) is 17.6 Å². The van der Waals surface area contributed by atoms with Gasteiger partial charge < -0.3 is 4.90 Å². The quantitative estimate of drug-likeness (QED) is 0.866. The van der Waals surface area contributed by atoms with Gasteiger partial charge in [0.1, 0.15) is 0 Å². The topological polar surface area (TPSA) is 49.4 Å². The van der Waals surface area contributed by atoms with Gasteiger partial charge in [-0.25, -0.2) is 0 Å². The second-order valence-corrected chi connectivity index (χ2v) is 8.60. The van der Waals surface area contributed by atoms with E-state index in [2.05, 4.69) is 65.8 Å². The van der Waals surface area contributed by atoms with Crippen molar-refractivity contribution >= 4 is 28.6 Å². The van der Waals surface area contributed by atoms with Gasteiger partial charge in [0.25, 0.3) is 5.24 Å². The van der Waals surface area contributed by atoms with E-state index in [9.17, 15) is 9.59 Å². The second-order valence-electron chi connectivity index (χ2n) is 7.49. The number of fused-ring (bicyclic) bond motifs is 1. The Morgan fingerprint density at radius 2 is 1.96 bits per heavy atom. The zero-order valence-electron chi connectivity index (χ0n) is 15.6. The number of nitrogens with one attached hydrogen (secondary N) is 1. The van der Waals surface area contributed by atoms with E-state index in [1.807, 2.05) is 6.92 Å². The fraction of sp³-hybridized carbons (Fsp3) is 0.364. The first kappa shape index (κ1) is 18.1. The van der Waals surface area contributed by atoms with Crippen LogP contribution in [0.15, 0.2) is 48.5 Å². The van der Waals surface area contributed by atoms with Crippen LogP contribution < -0.4 is 10.2 Å². The highest BCUT2D eigenvalue weighted by molar-refractivity contribution is 8.15. The van der Waals surface area contributed by atoms with E-state index in [0.717, 1.165) is 36.6 Å². The number of hydrogen-bond donors (Lipinski definition) is 1. The lowest BCUT2D eigenvalue weighted by Gasteiger charge is -2.37. The molecule has 140 valence electrons. The number of thioether (sulfide) groups is 1. The highest BCUT2D eigenvalue weighted by Gasteiger charge is 2.36. The van der Waals surface area contributed by atoms with Crippen LogP contribution in [0.5, 0.6) is 0 Å². The van der Waals surface area contributed by atoms with Crippen molar-refractivity contribution in [3.8, 4) is 0 Å². The number of aryl methyl sites for hydroxylation is 1. The van der Waals surface area contributed by atoms with Crippen LogP contribution in [0.25, 0.3) is 0 Å². The number of hydrogen-bond acceptors (Lipinski definition) is 4. The van der Waals surface area contributed by atoms with Crippen LogP contribution >= 0.6 is 11.8 Å². The highest BCUT2D eigenvalue weighted by atomic mass is 32.2. The number of rotatable bonds is 4. The van der Waals surface area contributed by atoms with Gasteiger partial charge in [0.2, 0.25) is 5.91 Å². The van der Waals surface area contributed by atoms with Crippen molar-refractivity contribution in [2.45, 2.75) is 43.4 Å². The average molecular weight is 381 g/mol. The first-order chi connectivity index (χ1) is 13.0. The molecule has 0 aliphatic carbocycles. The minimum Gasteiger partial charge on any atom is -0.371 e. The van der Waals surface area contributed by atoms with Gasteiger partial charge in [0.15, 0.2) is 0 Å². The first-order valence-corrected chi connectivity index (χ1v) is 10.3. The monoisotopic (exact) mass is 380 g/mol. The Hall–Kier alpha value is -2.27. The Labute approximate surface area is 164 Å². The van der Waals surface area contributed by atoms with E-state index in [1.165, 1.54) is 16.8 Å². The summed E-state index contributed by atoms with van der Waals surface area (Å²) in [5.41, 5.74) is 5.11. The molecule has 27 heavy (non-hydrogen) atoms. The molecule has 0 spiro atoms. The number of nitrogens with zero attached hydrogens (tertiary/aromatic N) is 1. The van der Waals surface area contributed by atoms with Crippen molar-refractivity contribution in [1.82, 2.24) is 5.32 Å². The number of imide groups is 1. The van der Waals surface area contributed by atoms with Gasteiger partial charge in [-0.05, 0) is 42.0 Å². The second kappa shape index (κ2) is 7.39. The Bertz CT molecular complexity index is 868. The molecule has 1 saturated heterocycles. The molecule has 2 aromatic carbocycles. The number of likely N-dealkylation sites (N-methyl/N-ethyl adjacent to an activating group) is 1. The molecule has 0 bridgehead atoms. The molecule has 2 aliphatic rings. The summed E-state index contributed by atoms with van der Waals surface area (Å²) >= 11 is 1.11. The molecule has 3 atom stereocenters. The van der Waals surface area contributed by atoms with Gasteiger partial charge >= 0.3 is 0 Å². The molecular formula is C22H24N2O2S. The predicted molar refractivity (Wildman–Crippen MR) is 110 cm³/mol. The standard InChI is InChI=1S/C22H24N2O2S/c1-14(20-21(25)23-22(26)27-20)16-9-11-19-17(13-16)8-10-18(24(19)2)12-15-6-4-3-5-7-15/h3-7,9,11,13-14,18,20H,8,10,12H2,1-2H3,(H,23,25,26). The molecule has 1 N–H and O–H groups in total. The summed E-state index contributed by atoms with van der Waals surface area (Å²) in [6, 6.07) is 17.7. The number of amides is 2. The SMILES string of the molecule is CC(c1ccc2c(c1)CCC(Cc1ccccc1)N2C)C1SC(=O)NC1=O. The van der Waals surface area contributed by atoms with Crippen molar-refractivity contribution in [1.29, 1.82) is 0 Å². The Kier molecular flexibility index (Phi) is 4.96. The molecule has 4 rings (SSSR count). The summed E-state index contributed by atoms with van der Waals surface area (Å²) in [7, 11) is 2.17. The maximum atomic E-state index is 12.0. The zero-order valence-corrected chi connectivity index (χ0v) is 16.5. The molecular weight excluding hydrogens is 356 g/mol. The van der Waals surface area contributed by atoms with Crippen LogP contribution in [0.4, 0.5) is 10.5 Å². The number of benzene rings is 2. The lowest BCUT2D eigenvalue weighted by Crippen LogP contribution is -2.37. The summed E-state index contributed by atoms with van der Waals surface area (Å²) in [4.78, 5) is 25.9. The average Bonchev–Trinajstić information content (AvgIpc) is 3.02. The van der Waals surface area contributed by atoms with Crippen molar-refractivity contribution < 1.29 is 9.59 Å². The summed E-state index contributed by atoms with van der Waals surface area (Å²) in [6.45, 7) is 2.03. The number of anilines is 1. The third-order valence-electron chi connectivity index (χ3n) is 5.79. The molecule has 2 aromatic rings. The normalized spacial score (nSPS) is 23.1. The first-order valence-electron chi connectivity index (χ1n) is 9.44. The van der Waals surface area contributed by atoms with E-state index in [-0.39, 0.29) is 22.3 Å². The van der Waals surface area contributed by atoms with Gasteiger partial charge in [-0.15, -0.1) is 0 Å². The fourth-order valence-corrected chi connectivity index (χ4v) is 5.06. The largest absolute Gasteiger partial charge is 0.371 e. The van der Waals surface area contributed by atoms with E-state index in [1.54, 1.807) is 0 Å². The molecule has 3 unspecified atom stereocenters. The maximum Gasteiger partial charge on any atom is 0.286 e. The van der Waals surface area contributed by atoms with Crippen LogP contribution in [0, 0.1) is 0 Å². The van der Waals surface area contributed by atoms with Crippen LogP contribution in [0.2, 0.25) is 0 Å². The van der Waals surface area contributed by atoms with Crippen LogP contribution in [-0.4, -0.2) is 29.5 Å². The van der Waals surface area contributed by atoms with Crippen molar-refractivity contribution in [3.63, 3.8) is 0 Å². The Morgan fingerprint density at radius 3 is 2.67 bits per heavy atom. The van der Waals surface area contributed by atoms with Gasteiger partial charge in [-0.3, -0.25) is 14.9 Å². The summed E-state index contributed by atoms with van der Waals surface area (Å²) < 4.78 is 0. The lowest BCUT2D eigenvalue weighted by atomic mass is 9.88. The highest BCUT2D eigenvalue weighted by Crippen LogP contribution is 2.37. The maximum absolute atomic E-state index is 12.0. The molecule has 4 nitrogen and oxygen atoms in total. The van der Waals surface area contributed by atoms with Crippen LogP contribution in [0.1, 0.15) is 36.0 Å². The minimum atomic E-state index is -0.331. The Morgan fingerprint density at radius 1 is 1.19 bits per heavy atom. The predicted octanol–water partition coefficient (Wildman–Crippen LogP) is 4.14. The van der Waals surface area contributed by atoms with Gasteiger partial charge in [0, 0.05) is 24.7 Å². The lowest BCUT2D eigenvalue weighted by molar-refractivity contribution is -0.119. The molecule has 0 radical (unpaired) electrons. The molecule has 5 heteroatoms. The molecule has 0 saturated carbocycles. The zero-order chi connectivity index (χ0) is 19.0. The van der Waals surface area contributed by atoms with Crippen molar-refractivity contribution in [2.75, 3.05) is 11.9 Å². The third-order valence-corrected chi connectivity index (χ3v) is 6.98. The summed E-state index contributed by atoms with van der Waals surface area (Å²) in [6.07, 6.45) is 3.21. The molecule has 1 fully saturated rings. The van der Waals surface area contributed by atoms with Crippen molar-refractivity contribution in [2.24, 2.45) is 0 Å². The number of carbonyl (C=O) groups is 2. The van der Waals surface area contributed by atoms with Crippen LogP contribution in [0.3, 0.4) is 0 Å². The van der Waals surface area contributed by atoms with Gasteiger partial charge in [-0.1, -0.05) is 61.2 Å². The summed E-state index contributed by atoms with van der Waals surface area (Å²) in [5, 5.41) is 1.82. The number of carbonyl (C=O) groups excluding carboxylic acids is 2. The van der Waals surface area contributed by atoms with E-state index < -0.39 is 0 Å². The van der Waals surface area contributed by atoms with Gasteiger partial charge in [-0.2, -0.15) is 0 Å². The molecule has 2 amide bonds. The fourth-order valence-electron chi connectivity index (χ4n) is 4.14. The van der Waals surface area contributed by atoms with Gasteiger partial charge in [0.05, 0.1) is 5.25 Å².